The Labute approximate surface area is 232 Å². The number of amides is 1. The molecule has 2 N–H and O–H groups in total. The van der Waals surface area contributed by atoms with Crippen LogP contribution in [0.25, 0.3) is 10.8 Å². The molecular weight excluding hydrogens is 504 g/mol. The lowest BCUT2D eigenvalue weighted by molar-refractivity contribution is -0.116. The Morgan fingerprint density at radius 1 is 0.949 bits per heavy atom. The highest BCUT2D eigenvalue weighted by atomic mass is 32.1. The topological polar surface area (TPSA) is 75.1 Å². The first-order chi connectivity index (χ1) is 19.2. The summed E-state index contributed by atoms with van der Waals surface area (Å²) in [7, 11) is 0. The van der Waals surface area contributed by atoms with Gasteiger partial charge in [0.15, 0.2) is 5.11 Å². The second-order valence-electron chi connectivity index (χ2n) is 9.57. The lowest BCUT2D eigenvalue weighted by atomic mass is 10.0. The number of nitrogens with zero attached hydrogens (tertiary/aromatic N) is 4. The van der Waals surface area contributed by atoms with Gasteiger partial charge in [0.25, 0.3) is 0 Å². The summed E-state index contributed by atoms with van der Waals surface area (Å²) in [5, 5.41) is 9.32. The van der Waals surface area contributed by atoms with Crippen LogP contribution in [0.1, 0.15) is 35.5 Å². The monoisotopic (exact) mass is 532 g/mol. The van der Waals surface area contributed by atoms with Gasteiger partial charge in [0.1, 0.15) is 0 Å². The van der Waals surface area contributed by atoms with Crippen LogP contribution < -0.4 is 10.6 Å². The largest absolute Gasteiger partial charge is 0.352 e. The average molecular weight is 533 g/mol. The molecule has 3 aromatic heterocycles. The van der Waals surface area contributed by atoms with Gasteiger partial charge in [-0.15, -0.1) is 0 Å². The van der Waals surface area contributed by atoms with E-state index in [1.807, 2.05) is 79.0 Å². The van der Waals surface area contributed by atoms with Crippen LogP contribution in [0.15, 0.2) is 110 Å². The maximum absolute atomic E-state index is 13.1. The van der Waals surface area contributed by atoms with E-state index in [-0.39, 0.29) is 18.0 Å². The number of carbonyl (C=O) groups is 1. The maximum atomic E-state index is 13.1. The lowest BCUT2D eigenvalue weighted by Gasteiger charge is -2.29. The fourth-order valence-corrected chi connectivity index (χ4v) is 5.60. The van der Waals surface area contributed by atoms with Gasteiger partial charge in [-0.2, -0.15) is 0 Å². The van der Waals surface area contributed by atoms with Crippen LogP contribution in [-0.4, -0.2) is 37.0 Å². The fourth-order valence-electron chi connectivity index (χ4n) is 5.27. The highest BCUT2D eigenvalue weighted by Crippen LogP contribution is 2.39. The van der Waals surface area contributed by atoms with Gasteiger partial charge in [-0.25, -0.2) is 0 Å². The molecule has 2 atom stereocenters. The molecule has 0 saturated carbocycles. The van der Waals surface area contributed by atoms with Crippen molar-refractivity contribution in [2.75, 3.05) is 11.9 Å². The molecular formula is C31H28N6OS. The molecule has 1 amide bonds. The van der Waals surface area contributed by atoms with Crippen molar-refractivity contribution in [1.82, 2.24) is 24.8 Å². The van der Waals surface area contributed by atoms with E-state index in [0.717, 1.165) is 33.4 Å². The number of thiocarbonyl (C=S) groups is 1. The quantitative estimate of drug-likeness (QED) is 0.258. The first-order valence-electron chi connectivity index (χ1n) is 13.0. The van der Waals surface area contributed by atoms with Crippen molar-refractivity contribution in [3.05, 3.63) is 127 Å². The third-order valence-electron chi connectivity index (χ3n) is 7.08. The van der Waals surface area contributed by atoms with Crippen molar-refractivity contribution in [3.63, 3.8) is 0 Å². The maximum Gasteiger partial charge on any atom is 0.226 e. The van der Waals surface area contributed by atoms with Crippen molar-refractivity contribution < 1.29 is 4.79 Å². The van der Waals surface area contributed by atoms with Crippen molar-refractivity contribution in [1.29, 1.82) is 0 Å². The predicted molar refractivity (Wildman–Crippen MR) is 157 cm³/mol. The molecule has 7 nitrogen and oxygen atoms in total. The van der Waals surface area contributed by atoms with Crippen molar-refractivity contribution in [2.45, 2.75) is 25.0 Å². The van der Waals surface area contributed by atoms with Crippen LogP contribution in [0.4, 0.5) is 5.69 Å². The van der Waals surface area contributed by atoms with E-state index in [1.165, 1.54) is 0 Å². The minimum atomic E-state index is -0.151. The summed E-state index contributed by atoms with van der Waals surface area (Å²) in [6.45, 7) is 1.15. The second-order valence-corrected chi connectivity index (χ2v) is 9.95. The molecule has 2 aromatic carbocycles. The molecule has 8 heteroatoms. The Balaban J connectivity index is 1.26. The Kier molecular flexibility index (Phi) is 7.01. The summed E-state index contributed by atoms with van der Waals surface area (Å²) < 4.78 is 2.22. The predicted octanol–water partition coefficient (Wildman–Crippen LogP) is 5.48. The number of rotatable bonds is 8. The summed E-state index contributed by atoms with van der Waals surface area (Å²) in [4.78, 5) is 24.2. The number of fused-ring (bicyclic) bond motifs is 1. The molecule has 1 aliphatic rings. The normalized spacial score (nSPS) is 16.8. The van der Waals surface area contributed by atoms with Gasteiger partial charge >= 0.3 is 0 Å². The number of hydrogen-bond donors (Lipinski definition) is 2. The van der Waals surface area contributed by atoms with E-state index >= 15 is 0 Å². The minimum Gasteiger partial charge on any atom is -0.352 e. The van der Waals surface area contributed by atoms with Crippen LogP contribution in [-0.2, 0) is 11.3 Å². The summed E-state index contributed by atoms with van der Waals surface area (Å²) in [6, 6.07) is 27.8. The second kappa shape index (κ2) is 11.0. The van der Waals surface area contributed by atoms with Gasteiger partial charge in [-0.3, -0.25) is 14.8 Å². The first-order valence-corrected chi connectivity index (χ1v) is 13.4. The van der Waals surface area contributed by atoms with Gasteiger partial charge in [0.2, 0.25) is 5.91 Å². The molecule has 1 aliphatic heterocycles. The Morgan fingerprint density at radius 3 is 2.67 bits per heavy atom. The van der Waals surface area contributed by atoms with Gasteiger partial charge in [0, 0.05) is 61.1 Å². The number of nitrogens with one attached hydrogen (secondary N) is 2. The van der Waals surface area contributed by atoms with Crippen LogP contribution in [0.5, 0.6) is 0 Å². The molecule has 6 rings (SSSR count). The molecule has 39 heavy (non-hydrogen) atoms. The summed E-state index contributed by atoms with van der Waals surface area (Å²) >= 11 is 5.82. The molecule has 5 aromatic rings. The number of anilines is 1. The van der Waals surface area contributed by atoms with Crippen LogP contribution in [0, 0.1) is 0 Å². The van der Waals surface area contributed by atoms with Crippen LogP contribution >= 0.6 is 12.2 Å². The highest BCUT2D eigenvalue weighted by molar-refractivity contribution is 7.80. The summed E-state index contributed by atoms with van der Waals surface area (Å²) in [6.07, 6.45) is 7.82. The first kappa shape index (κ1) is 24.8. The number of benzene rings is 2. The number of aromatic nitrogens is 3. The van der Waals surface area contributed by atoms with Crippen molar-refractivity contribution in [2.24, 2.45) is 0 Å². The zero-order valence-corrected chi connectivity index (χ0v) is 22.1. The molecule has 1 saturated heterocycles. The molecule has 0 spiro atoms. The van der Waals surface area contributed by atoms with Crippen molar-refractivity contribution in [3.8, 4) is 0 Å². The van der Waals surface area contributed by atoms with Gasteiger partial charge < -0.3 is 20.1 Å². The number of hydrogen-bond acceptors (Lipinski definition) is 4. The van der Waals surface area contributed by atoms with Crippen LogP contribution in [0.3, 0.4) is 0 Å². The minimum absolute atomic E-state index is 0.0556. The van der Waals surface area contributed by atoms with E-state index in [9.17, 15) is 4.79 Å². The summed E-state index contributed by atoms with van der Waals surface area (Å²) in [5.74, 6) is -0.0556. The van der Waals surface area contributed by atoms with Crippen LogP contribution in [0.2, 0.25) is 0 Å². The average Bonchev–Trinajstić information content (AvgIpc) is 3.56. The van der Waals surface area contributed by atoms with E-state index < -0.39 is 0 Å². The Bertz CT molecular complexity index is 1600. The molecule has 4 heterocycles. The molecule has 0 unspecified atom stereocenters. The molecule has 1 fully saturated rings. The van der Waals surface area contributed by atoms with Gasteiger partial charge in [-0.1, -0.05) is 48.5 Å². The molecule has 0 aliphatic carbocycles. The third-order valence-corrected chi connectivity index (χ3v) is 7.44. The Morgan fingerprint density at radius 2 is 1.82 bits per heavy atom. The number of carbonyl (C=O) groups excluding carboxylic acids is 1. The molecule has 194 valence electrons. The molecule has 0 bridgehead atoms. The fraction of sp³-hybridized carbons (Fsp3) is 0.161. The smallest absolute Gasteiger partial charge is 0.226 e. The Hall–Kier alpha value is -4.56. The highest BCUT2D eigenvalue weighted by Gasteiger charge is 2.41. The lowest BCUT2D eigenvalue weighted by Crippen LogP contribution is -2.33. The van der Waals surface area contributed by atoms with Gasteiger partial charge in [0.05, 0.1) is 17.8 Å². The molecule has 0 radical (unpaired) electrons. The van der Waals surface area contributed by atoms with E-state index in [4.69, 9.17) is 12.2 Å². The van der Waals surface area contributed by atoms with Gasteiger partial charge in [-0.05, 0) is 59.6 Å². The standard InChI is InChI=1S/C31H28N6OS/c38-28(34-25-13-5-10-23-9-1-2-11-24(23)25)15-19-37-30(29(35-31(37)39)26-12-3-4-17-33-26)27-14-7-18-36(27)21-22-8-6-16-32-20-22/h1-14,16-18,20,29-30H,15,19,21H2,(H,34,38)(H,35,39)/t29-,30-/m1/s1. The van der Waals surface area contributed by atoms with E-state index in [2.05, 4.69) is 48.4 Å². The van der Waals surface area contributed by atoms with Crippen molar-refractivity contribution >= 4 is 39.7 Å². The number of pyridine rings is 2. The van der Waals surface area contributed by atoms with E-state index in [1.54, 1.807) is 12.4 Å². The third kappa shape index (κ3) is 5.24. The summed E-state index contributed by atoms with van der Waals surface area (Å²) in [5.41, 5.74) is 3.92. The zero-order valence-electron chi connectivity index (χ0n) is 21.3. The zero-order chi connectivity index (χ0) is 26.6. The van der Waals surface area contributed by atoms with E-state index in [0.29, 0.717) is 24.6 Å². The SMILES string of the molecule is O=C(CCN1C(=S)N[C@H](c2ccccn2)[C@H]1c1cccn1Cc1cccnc1)Nc1cccc2ccccc12.